The van der Waals surface area contributed by atoms with Gasteiger partial charge in [-0.15, -0.1) is 0 Å². The maximum absolute atomic E-state index is 10.1. The third-order valence-electron chi connectivity index (χ3n) is 4.44. The van der Waals surface area contributed by atoms with Gasteiger partial charge in [0, 0.05) is 28.0 Å². The highest BCUT2D eigenvalue weighted by atomic mass is 35.5. The average Bonchev–Trinajstić information content (AvgIpc) is 2.83. The number of aromatic nitrogens is 1. The van der Waals surface area contributed by atoms with Crippen LogP contribution in [0.2, 0.25) is 20.1 Å². The lowest BCUT2D eigenvalue weighted by Gasteiger charge is -2.11. The number of ether oxygens (including phenoxy) is 2. The van der Waals surface area contributed by atoms with E-state index < -0.39 is 6.10 Å². The number of aliphatic hydroxyl groups is 1. The molecule has 33 heavy (non-hydrogen) atoms. The van der Waals surface area contributed by atoms with Gasteiger partial charge in [0.2, 0.25) is 0 Å². The fourth-order valence-electron chi connectivity index (χ4n) is 2.75. The fourth-order valence-corrected chi connectivity index (χ4v) is 3.64. The first kappa shape index (κ1) is 25.2. The van der Waals surface area contributed by atoms with Gasteiger partial charge in [-0.1, -0.05) is 64.6 Å². The molecule has 8 heteroatoms. The van der Waals surface area contributed by atoms with Gasteiger partial charge in [0.05, 0.1) is 17.2 Å². The number of methoxy groups -OCH3 is 1. The molecule has 0 bridgehead atoms. The zero-order valence-electron chi connectivity index (χ0n) is 17.4. The van der Waals surface area contributed by atoms with Gasteiger partial charge in [0.15, 0.2) is 0 Å². The van der Waals surface area contributed by atoms with Gasteiger partial charge in [-0.3, -0.25) is 4.98 Å². The van der Waals surface area contributed by atoms with Crippen LogP contribution in [-0.2, 0) is 0 Å². The highest BCUT2D eigenvalue weighted by Crippen LogP contribution is 2.35. The van der Waals surface area contributed by atoms with Crippen molar-refractivity contribution in [2.75, 3.05) is 7.11 Å². The quantitative estimate of drug-likeness (QED) is 0.286. The van der Waals surface area contributed by atoms with Crippen LogP contribution in [0.5, 0.6) is 17.2 Å². The molecule has 1 N–H and O–H groups in total. The molecule has 0 amide bonds. The van der Waals surface area contributed by atoms with Crippen LogP contribution in [0.3, 0.4) is 0 Å². The molecule has 0 radical (unpaired) electrons. The van der Waals surface area contributed by atoms with E-state index >= 15 is 0 Å². The smallest absolute Gasteiger partial charge is 0.146 e. The van der Waals surface area contributed by atoms with E-state index in [1.165, 1.54) is 0 Å². The Morgan fingerprint density at radius 3 is 1.79 bits per heavy atom. The molecule has 0 saturated heterocycles. The summed E-state index contributed by atoms with van der Waals surface area (Å²) < 4.78 is 10.6. The summed E-state index contributed by atoms with van der Waals surface area (Å²) in [6.07, 6.45) is 2.71. The van der Waals surface area contributed by atoms with E-state index in [0.29, 0.717) is 31.6 Å². The molecule has 0 aliphatic heterocycles. The van der Waals surface area contributed by atoms with Crippen LogP contribution in [0.25, 0.3) is 0 Å². The molecule has 1 unspecified atom stereocenters. The van der Waals surface area contributed by atoms with Crippen LogP contribution in [0.1, 0.15) is 17.2 Å². The molecule has 3 aromatic carbocycles. The normalized spacial score (nSPS) is 11.2. The Hall–Kier alpha value is -2.47. The van der Waals surface area contributed by atoms with Gasteiger partial charge in [-0.2, -0.15) is 0 Å². The second-order valence-electron chi connectivity index (χ2n) is 6.71. The third kappa shape index (κ3) is 7.26. The number of halogens is 4. The fraction of sp³-hybridized carbons (Fsp3) is 0.0800. The van der Waals surface area contributed by atoms with Crippen LogP contribution < -0.4 is 9.47 Å². The lowest BCUT2D eigenvalue weighted by atomic mass is 10.0. The lowest BCUT2D eigenvalue weighted by molar-refractivity contribution is 0.220. The van der Waals surface area contributed by atoms with Crippen LogP contribution in [-0.4, -0.2) is 17.2 Å². The third-order valence-corrected chi connectivity index (χ3v) is 5.50. The summed E-state index contributed by atoms with van der Waals surface area (Å²) in [5.41, 5.74) is 1.61. The largest absolute Gasteiger partial charge is 0.497 e. The second-order valence-corrected chi connectivity index (χ2v) is 8.40. The minimum Gasteiger partial charge on any atom is -0.497 e. The van der Waals surface area contributed by atoms with E-state index in [1.807, 2.05) is 36.4 Å². The van der Waals surface area contributed by atoms with Crippen molar-refractivity contribution in [2.24, 2.45) is 0 Å². The van der Waals surface area contributed by atoms with E-state index in [2.05, 4.69) is 4.98 Å². The standard InChI is InChI=1S/C13H13NO2.C12H6Cl4O/c1-16-12-6-4-10(5-7-12)13(15)11-3-2-8-14-9-11;13-7-1-3-11(9(15)5-7)17-12-4-2-8(14)6-10(12)16/h2-9,13,15H,1H3;1-6H. The zero-order chi connectivity index (χ0) is 23.8. The van der Waals surface area contributed by atoms with Crippen molar-refractivity contribution in [1.29, 1.82) is 0 Å². The molecule has 0 spiro atoms. The number of hydrogen-bond donors (Lipinski definition) is 1. The lowest BCUT2D eigenvalue weighted by Crippen LogP contribution is -1.99. The average molecular weight is 523 g/mol. The maximum Gasteiger partial charge on any atom is 0.146 e. The SMILES string of the molecule is COc1ccc(C(O)c2cccnc2)cc1.Clc1ccc(Oc2ccc(Cl)cc2Cl)c(Cl)c1. The van der Waals surface area contributed by atoms with E-state index in [4.69, 9.17) is 55.9 Å². The number of nitrogens with zero attached hydrogens (tertiary/aromatic N) is 1. The summed E-state index contributed by atoms with van der Waals surface area (Å²) in [6.45, 7) is 0. The van der Waals surface area contributed by atoms with Crippen molar-refractivity contribution >= 4 is 46.4 Å². The molecule has 0 saturated carbocycles. The van der Waals surface area contributed by atoms with Crippen molar-refractivity contribution < 1.29 is 14.6 Å². The molecule has 1 atom stereocenters. The van der Waals surface area contributed by atoms with Crippen molar-refractivity contribution in [1.82, 2.24) is 4.98 Å². The maximum atomic E-state index is 10.1. The minimum absolute atomic E-state index is 0.420. The van der Waals surface area contributed by atoms with E-state index in [1.54, 1.807) is 55.9 Å². The zero-order valence-corrected chi connectivity index (χ0v) is 20.4. The molecule has 4 nitrogen and oxygen atoms in total. The molecule has 1 aromatic heterocycles. The summed E-state index contributed by atoms with van der Waals surface area (Å²) in [5, 5.41) is 12.0. The summed E-state index contributed by atoms with van der Waals surface area (Å²) >= 11 is 23.5. The Bertz CT molecular complexity index is 1140. The van der Waals surface area contributed by atoms with Crippen molar-refractivity contribution in [2.45, 2.75) is 6.10 Å². The number of benzene rings is 3. The molecule has 4 aromatic rings. The summed E-state index contributed by atoms with van der Waals surface area (Å²) in [5.74, 6) is 1.75. The Kier molecular flexibility index (Phi) is 9.24. The molecule has 4 rings (SSSR count). The number of hydrogen-bond acceptors (Lipinski definition) is 4. The van der Waals surface area contributed by atoms with Crippen LogP contribution >= 0.6 is 46.4 Å². The number of rotatable bonds is 5. The summed E-state index contributed by atoms with van der Waals surface area (Å²) in [7, 11) is 1.62. The van der Waals surface area contributed by atoms with E-state index in [-0.39, 0.29) is 0 Å². The van der Waals surface area contributed by atoms with Crippen molar-refractivity contribution in [3.63, 3.8) is 0 Å². The Balaban J connectivity index is 0.000000186. The second kappa shape index (κ2) is 12.1. The molecular weight excluding hydrogens is 504 g/mol. The summed E-state index contributed by atoms with van der Waals surface area (Å²) in [6, 6.07) is 20.9. The van der Waals surface area contributed by atoms with E-state index in [0.717, 1.165) is 16.9 Å². The highest BCUT2D eigenvalue weighted by molar-refractivity contribution is 6.36. The van der Waals surface area contributed by atoms with Gasteiger partial charge in [-0.25, -0.2) is 0 Å². The predicted molar refractivity (Wildman–Crippen MR) is 134 cm³/mol. The van der Waals surface area contributed by atoms with Crippen molar-refractivity contribution in [3.8, 4) is 17.2 Å². The monoisotopic (exact) mass is 521 g/mol. The predicted octanol–water partition coefficient (Wildman–Crippen LogP) is 8.26. The topological polar surface area (TPSA) is 51.6 Å². The highest BCUT2D eigenvalue weighted by Gasteiger charge is 2.10. The summed E-state index contributed by atoms with van der Waals surface area (Å²) in [4.78, 5) is 3.98. The van der Waals surface area contributed by atoms with E-state index in [9.17, 15) is 5.11 Å². The van der Waals surface area contributed by atoms with Crippen LogP contribution in [0.15, 0.2) is 85.2 Å². The first-order valence-corrected chi connectivity index (χ1v) is 11.2. The van der Waals surface area contributed by atoms with Gasteiger partial charge in [0.25, 0.3) is 0 Å². The Morgan fingerprint density at radius 2 is 1.33 bits per heavy atom. The van der Waals surface area contributed by atoms with Gasteiger partial charge >= 0.3 is 0 Å². The van der Waals surface area contributed by atoms with Gasteiger partial charge in [-0.05, 0) is 60.2 Å². The van der Waals surface area contributed by atoms with Gasteiger partial charge in [0.1, 0.15) is 23.4 Å². The molecule has 0 aliphatic carbocycles. The van der Waals surface area contributed by atoms with Crippen LogP contribution in [0.4, 0.5) is 0 Å². The number of pyridine rings is 1. The Labute approximate surface area is 212 Å². The van der Waals surface area contributed by atoms with Crippen LogP contribution in [0, 0.1) is 0 Å². The molecule has 0 aliphatic rings. The minimum atomic E-state index is -0.639. The Morgan fingerprint density at radius 1 is 0.758 bits per heavy atom. The molecule has 170 valence electrons. The molecule has 1 heterocycles. The number of aliphatic hydroxyl groups excluding tert-OH is 1. The first-order valence-electron chi connectivity index (χ1n) is 9.67. The van der Waals surface area contributed by atoms with Gasteiger partial charge < -0.3 is 14.6 Å². The molecule has 0 fully saturated rings. The van der Waals surface area contributed by atoms with Crippen molar-refractivity contribution in [3.05, 3.63) is 116 Å². The first-order chi connectivity index (χ1) is 15.9. The molecular formula is C25H19Cl4NO3.